The molecule has 1 fully saturated rings. The quantitative estimate of drug-likeness (QED) is 0.881. The van der Waals surface area contributed by atoms with Crippen LogP contribution in [-0.4, -0.2) is 21.8 Å². The van der Waals surface area contributed by atoms with Crippen LogP contribution in [0.4, 0.5) is 5.82 Å². The zero-order valence-corrected chi connectivity index (χ0v) is 13.1. The van der Waals surface area contributed by atoms with Crippen LogP contribution < -0.4 is 5.32 Å². The van der Waals surface area contributed by atoms with Crippen LogP contribution in [-0.2, 0) is 5.75 Å². The molecule has 0 aromatic carbocycles. The van der Waals surface area contributed by atoms with Crippen LogP contribution in [0.25, 0.3) is 0 Å². The third-order valence-electron chi connectivity index (χ3n) is 3.78. The molecule has 3 nitrogen and oxygen atoms in total. The summed E-state index contributed by atoms with van der Waals surface area (Å²) in [5, 5.41) is 4.16. The molecule has 0 unspecified atom stereocenters. The highest BCUT2D eigenvalue weighted by atomic mass is 32.2. The Morgan fingerprint density at radius 3 is 2.58 bits per heavy atom. The number of rotatable bonds is 5. The molecule has 0 atom stereocenters. The molecule has 2 rings (SSSR count). The SMILES string of the molecule is CCNc1nc(CSC2CCCCC2)nc(C)c1C. The highest BCUT2D eigenvalue weighted by Gasteiger charge is 2.15. The molecule has 0 amide bonds. The molecule has 19 heavy (non-hydrogen) atoms. The first-order valence-corrected chi connectivity index (χ1v) is 8.45. The van der Waals surface area contributed by atoms with Crippen molar-refractivity contribution in [1.82, 2.24) is 9.97 Å². The molecule has 0 bridgehead atoms. The number of anilines is 1. The second-order valence-electron chi connectivity index (χ2n) is 5.30. The van der Waals surface area contributed by atoms with Gasteiger partial charge in [-0.2, -0.15) is 11.8 Å². The van der Waals surface area contributed by atoms with Crippen LogP contribution in [0.2, 0.25) is 0 Å². The van der Waals surface area contributed by atoms with Crippen LogP contribution in [0.3, 0.4) is 0 Å². The molecule has 0 aliphatic heterocycles. The van der Waals surface area contributed by atoms with Gasteiger partial charge in [-0.05, 0) is 33.6 Å². The van der Waals surface area contributed by atoms with Crippen molar-refractivity contribution in [2.75, 3.05) is 11.9 Å². The zero-order chi connectivity index (χ0) is 13.7. The van der Waals surface area contributed by atoms with E-state index in [4.69, 9.17) is 0 Å². The van der Waals surface area contributed by atoms with Crippen molar-refractivity contribution < 1.29 is 0 Å². The van der Waals surface area contributed by atoms with Gasteiger partial charge in [0.25, 0.3) is 0 Å². The number of aryl methyl sites for hydroxylation is 1. The Bertz CT molecular complexity index is 414. The number of nitrogens with zero attached hydrogens (tertiary/aromatic N) is 2. The Morgan fingerprint density at radius 1 is 1.16 bits per heavy atom. The molecule has 0 saturated heterocycles. The molecule has 1 aliphatic carbocycles. The predicted octanol–water partition coefficient (Wildman–Crippen LogP) is 4.09. The Balaban J connectivity index is 1.99. The molecule has 1 aromatic rings. The number of nitrogens with one attached hydrogen (secondary N) is 1. The van der Waals surface area contributed by atoms with Gasteiger partial charge in [0.15, 0.2) is 0 Å². The Kier molecular flexibility index (Phi) is 5.49. The monoisotopic (exact) mass is 279 g/mol. The fraction of sp³-hybridized carbons (Fsp3) is 0.733. The fourth-order valence-electron chi connectivity index (χ4n) is 2.51. The topological polar surface area (TPSA) is 37.8 Å². The second-order valence-corrected chi connectivity index (χ2v) is 6.59. The van der Waals surface area contributed by atoms with Crippen LogP contribution in [0, 0.1) is 13.8 Å². The average Bonchev–Trinajstić information content (AvgIpc) is 2.43. The van der Waals surface area contributed by atoms with Crippen molar-refractivity contribution in [2.45, 2.75) is 63.9 Å². The van der Waals surface area contributed by atoms with Crippen molar-refractivity contribution in [1.29, 1.82) is 0 Å². The molecule has 4 heteroatoms. The molecule has 106 valence electrons. The van der Waals surface area contributed by atoms with E-state index in [-0.39, 0.29) is 0 Å². The third kappa shape index (κ3) is 4.10. The summed E-state index contributed by atoms with van der Waals surface area (Å²) in [6, 6.07) is 0. The van der Waals surface area contributed by atoms with Gasteiger partial charge >= 0.3 is 0 Å². The summed E-state index contributed by atoms with van der Waals surface area (Å²) in [5.41, 5.74) is 2.28. The van der Waals surface area contributed by atoms with Gasteiger partial charge in [0.1, 0.15) is 11.6 Å². The second kappa shape index (κ2) is 7.13. The molecule has 0 radical (unpaired) electrons. The summed E-state index contributed by atoms with van der Waals surface area (Å²) in [4.78, 5) is 9.29. The van der Waals surface area contributed by atoms with E-state index < -0.39 is 0 Å². The summed E-state index contributed by atoms with van der Waals surface area (Å²) < 4.78 is 0. The van der Waals surface area contributed by atoms with Gasteiger partial charge in [0.05, 0.1) is 5.75 Å². The summed E-state index contributed by atoms with van der Waals surface area (Å²) in [6.45, 7) is 7.18. The minimum Gasteiger partial charge on any atom is -0.370 e. The van der Waals surface area contributed by atoms with Crippen LogP contribution >= 0.6 is 11.8 Å². The number of hydrogen-bond acceptors (Lipinski definition) is 4. The standard InChI is InChI=1S/C15H25N3S/c1-4-16-15-11(2)12(3)17-14(18-15)10-19-13-8-6-5-7-9-13/h13H,4-10H2,1-3H3,(H,16,17,18). The average molecular weight is 279 g/mol. The number of thioether (sulfide) groups is 1. The highest BCUT2D eigenvalue weighted by molar-refractivity contribution is 7.99. The zero-order valence-electron chi connectivity index (χ0n) is 12.3. The Morgan fingerprint density at radius 2 is 1.89 bits per heavy atom. The van der Waals surface area contributed by atoms with Crippen LogP contribution in [0.1, 0.15) is 56.1 Å². The van der Waals surface area contributed by atoms with Crippen molar-refractivity contribution in [3.05, 3.63) is 17.1 Å². The molecule has 1 heterocycles. The minimum absolute atomic E-state index is 0.821. The lowest BCUT2D eigenvalue weighted by atomic mass is 10.0. The van der Waals surface area contributed by atoms with E-state index in [0.29, 0.717) is 0 Å². The Hall–Kier alpha value is -0.770. The van der Waals surface area contributed by atoms with E-state index in [1.54, 1.807) is 0 Å². The van der Waals surface area contributed by atoms with Crippen molar-refractivity contribution in [3.8, 4) is 0 Å². The minimum atomic E-state index is 0.821. The van der Waals surface area contributed by atoms with Gasteiger partial charge in [-0.25, -0.2) is 9.97 Å². The van der Waals surface area contributed by atoms with Crippen LogP contribution in [0.5, 0.6) is 0 Å². The number of aromatic nitrogens is 2. The van der Waals surface area contributed by atoms with E-state index in [2.05, 4.69) is 36.1 Å². The van der Waals surface area contributed by atoms with Gasteiger partial charge in [-0.1, -0.05) is 19.3 Å². The van der Waals surface area contributed by atoms with E-state index in [0.717, 1.165) is 34.9 Å². The lowest BCUT2D eigenvalue weighted by Crippen LogP contribution is -2.11. The molecule has 1 aliphatic rings. The van der Waals surface area contributed by atoms with Gasteiger partial charge in [-0.15, -0.1) is 0 Å². The van der Waals surface area contributed by atoms with Crippen molar-refractivity contribution >= 4 is 17.6 Å². The largest absolute Gasteiger partial charge is 0.370 e. The maximum atomic E-state index is 4.66. The van der Waals surface area contributed by atoms with E-state index >= 15 is 0 Å². The molecule has 1 aromatic heterocycles. The maximum absolute atomic E-state index is 4.66. The summed E-state index contributed by atoms with van der Waals surface area (Å²) in [6.07, 6.45) is 6.95. The lowest BCUT2D eigenvalue weighted by molar-refractivity contribution is 0.516. The van der Waals surface area contributed by atoms with Gasteiger partial charge in [0.2, 0.25) is 0 Å². The molecule has 0 spiro atoms. The summed E-state index contributed by atoms with van der Waals surface area (Å²) >= 11 is 2.04. The van der Waals surface area contributed by atoms with Gasteiger partial charge in [-0.3, -0.25) is 0 Å². The maximum Gasteiger partial charge on any atom is 0.140 e. The van der Waals surface area contributed by atoms with E-state index in [1.165, 1.54) is 37.7 Å². The molecular formula is C15H25N3S. The first-order chi connectivity index (χ1) is 9.20. The fourth-order valence-corrected chi connectivity index (χ4v) is 3.70. The van der Waals surface area contributed by atoms with E-state index in [1.807, 2.05) is 11.8 Å². The van der Waals surface area contributed by atoms with Gasteiger partial charge in [0, 0.05) is 23.1 Å². The van der Waals surface area contributed by atoms with Crippen LogP contribution in [0.15, 0.2) is 0 Å². The lowest BCUT2D eigenvalue weighted by Gasteiger charge is -2.20. The summed E-state index contributed by atoms with van der Waals surface area (Å²) in [5.74, 6) is 2.94. The van der Waals surface area contributed by atoms with Crippen molar-refractivity contribution in [2.24, 2.45) is 0 Å². The van der Waals surface area contributed by atoms with E-state index in [9.17, 15) is 0 Å². The third-order valence-corrected chi connectivity index (χ3v) is 5.15. The molecule has 1 N–H and O–H groups in total. The Labute approximate surface area is 121 Å². The van der Waals surface area contributed by atoms with Crippen molar-refractivity contribution in [3.63, 3.8) is 0 Å². The number of hydrogen-bond donors (Lipinski definition) is 1. The smallest absolute Gasteiger partial charge is 0.140 e. The first-order valence-electron chi connectivity index (χ1n) is 7.40. The highest BCUT2D eigenvalue weighted by Crippen LogP contribution is 2.30. The predicted molar refractivity (Wildman–Crippen MR) is 83.8 cm³/mol. The first kappa shape index (κ1) is 14.6. The normalized spacial score (nSPS) is 16.6. The molecule has 1 saturated carbocycles. The van der Waals surface area contributed by atoms with Gasteiger partial charge < -0.3 is 5.32 Å². The molecular weight excluding hydrogens is 254 g/mol. The summed E-state index contributed by atoms with van der Waals surface area (Å²) in [7, 11) is 0.